The first-order valence-electron chi connectivity index (χ1n) is 10.5. The van der Waals surface area contributed by atoms with Gasteiger partial charge >= 0.3 is 0 Å². The fourth-order valence-corrected chi connectivity index (χ4v) is 4.24. The number of carbonyl (C=O) groups excluding carboxylic acids is 2. The van der Waals surface area contributed by atoms with Gasteiger partial charge in [0.2, 0.25) is 5.82 Å². The largest absolute Gasteiger partial charge is 0.349 e. The Labute approximate surface area is 165 Å². The van der Waals surface area contributed by atoms with E-state index in [2.05, 4.69) is 21.7 Å². The molecule has 4 rings (SSSR count). The molecule has 0 unspecified atom stereocenters. The lowest BCUT2D eigenvalue weighted by molar-refractivity contribution is 0.0935. The highest BCUT2D eigenvalue weighted by molar-refractivity contribution is 6.02. The average Bonchev–Trinajstić information content (AvgIpc) is 3.36. The van der Waals surface area contributed by atoms with Gasteiger partial charge < -0.3 is 10.6 Å². The molecule has 0 aromatic carbocycles. The Morgan fingerprint density at radius 2 is 1.96 bits per heavy atom. The number of nitrogens with one attached hydrogen (secondary N) is 2. The third-order valence-corrected chi connectivity index (χ3v) is 5.77. The second-order valence-electron chi connectivity index (χ2n) is 7.81. The van der Waals surface area contributed by atoms with Gasteiger partial charge in [0.15, 0.2) is 5.69 Å². The SMILES string of the molecule is O=C(NC1CCCC1)c1nc(C(=O)NCCC2=CCCCC2)n2ccccc12. The first-order chi connectivity index (χ1) is 13.7. The first kappa shape index (κ1) is 18.7. The fourth-order valence-electron chi connectivity index (χ4n) is 4.24. The van der Waals surface area contributed by atoms with Crippen LogP contribution in [0.1, 0.15) is 78.9 Å². The zero-order valence-corrected chi connectivity index (χ0v) is 16.2. The first-order valence-corrected chi connectivity index (χ1v) is 10.5. The second kappa shape index (κ2) is 8.59. The van der Waals surface area contributed by atoms with Crippen molar-refractivity contribution in [2.75, 3.05) is 6.54 Å². The van der Waals surface area contributed by atoms with Gasteiger partial charge in [0, 0.05) is 18.8 Å². The van der Waals surface area contributed by atoms with Gasteiger partial charge in [-0.2, -0.15) is 0 Å². The summed E-state index contributed by atoms with van der Waals surface area (Å²) in [6.07, 6.45) is 14.1. The van der Waals surface area contributed by atoms with E-state index in [4.69, 9.17) is 0 Å². The summed E-state index contributed by atoms with van der Waals surface area (Å²) in [4.78, 5) is 29.9. The van der Waals surface area contributed by atoms with Gasteiger partial charge in [0.1, 0.15) is 0 Å². The van der Waals surface area contributed by atoms with Gasteiger partial charge in [-0.3, -0.25) is 14.0 Å². The predicted octanol–water partition coefficient (Wildman–Crippen LogP) is 3.63. The number of hydrogen-bond acceptors (Lipinski definition) is 3. The van der Waals surface area contributed by atoms with Gasteiger partial charge in [-0.05, 0) is 57.1 Å². The molecule has 2 aromatic heterocycles. The van der Waals surface area contributed by atoms with Crippen LogP contribution in [0.5, 0.6) is 0 Å². The zero-order valence-electron chi connectivity index (χ0n) is 16.2. The molecule has 2 N–H and O–H groups in total. The van der Waals surface area contributed by atoms with Crippen molar-refractivity contribution in [3.8, 4) is 0 Å². The molecule has 0 radical (unpaired) electrons. The molecule has 0 spiro atoms. The van der Waals surface area contributed by atoms with Gasteiger partial charge in [-0.25, -0.2) is 4.98 Å². The highest BCUT2D eigenvalue weighted by atomic mass is 16.2. The minimum atomic E-state index is -0.238. The molecule has 2 aliphatic rings. The van der Waals surface area contributed by atoms with Crippen LogP contribution in [0.15, 0.2) is 36.0 Å². The highest BCUT2D eigenvalue weighted by Gasteiger charge is 2.24. The molecule has 0 saturated heterocycles. The molecule has 0 bridgehead atoms. The predicted molar refractivity (Wildman–Crippen MR) is 108 cm³/mol. The maximum atomic E-state index is 12.7. The Bertz CT molecular complexity index is 893. The van der Waals surface area contributed by atoms with E-state index in [9.17, 15) is 9.59 Å². The molecule has 1 fully saturated rings. The van der Waals surface area contributed by atoms with Crippen molar-refractivity contribution >= 4 is 17.3 Å². The van der Waals surface area contributed by atoms with Crippen molar-refractivity contribution < 1.29 is 9.59 Å². The monoisotopic (exact) mass is 380 g/mol. The summed E-state index contributed by atoms with van der Waals surface area (Å²) in [6, 6.07) is 5.76. The normalized spacial score (nSPS) is 17.5. The molecule has 6 heteroatoms. The number of rotatable bonds is 6. The standard InChI is InChI=1S/C22H28N4O2/c27-21(24-17-10-4-5-11-17)19-18-12-6-7-15-26(18)20(25-19)22(28)23-14-13-16-8-2-1-3-9-16/h6-8,12,15,17H,1-5,9-11,13-14H2,(H,23,28)(H,24,27). The van der Waals surface area contributed by atoms with Crippen LogP contribution in [0, 0.1) is 0 Å². The Balaban J connectivity index is 1.47. The molecule has 2 heterocycles. The van der Waals surface area contributed by atoms with Crippen molar-refractivity contribution in [2.24, 2.45) is 0 Å². The van der Waals surface area contributed by atoms with E-state index in [-0.39, 0.29) is 23.7 Å². The van der Waals surface area contributed by atoms with E-state index < -0.39 is 0 Å². The number of hydrogen-bond donors (Lipinski definition) is 2. The second-order valence-corrected chi connectivity index (χ2v) is 7.81. The molecule has 28 heavy (non-hydrogen) atoms. The van der Waals surface area contributed by atoms with Crippen LogP contribution in [-0.4, -0.2) is 33.8 Å². The smallest absolute Gasteiger partial charge is 0.287 e. The maximum absolute atomic E-state index is 12.7. The van der Waals surface area contributed by atoms with Crippen molar-refractivity contribution in [1.29, 1.82) is 0 Å². The summed E-state index contributed by atoms with van der Waals surface area (Å²) < 4.78 is 1.71. The van der Waals surface area contributed by atoms with Crippen molar-refractivity contribution in [3.63, 3.8) is 0 Å². The van der Waals surface area contributed by atoms with E-state index in [1.807, 2.05) is 18.2 Å². The third-order valence-electron chi connectivity index (χ3n) is 5.77. The van der Waals surface area contributed by atoms with Crippen LogP contribution in [0.3, 0.4) is 0 Å². The van der Waals surface area contributed by atoms with Gasteiger partial charge in [-0.15, -0.1) is 0 Å². The Morgan fingerprint density at radius 3 is 2.75 bits per heavy atom. The number of amides is 2. The van der Waals surface area contributed by atoms with Gasteiger partial charge in [-0.1, -0.05) is 30.6 Å². The Hall–Kier alpha value is -2.63. The summed E-state index contributed by atoms with van der Waals surface area (Å²) in [5, 5.41) is 6.04. The topological polar surface area (TPSA) is 75.5 Å². The molecular formula is C22H28N4O2. The molecule has 148 valence electrons. The summed E-state index contributed by atoms with van der Waals surface area (Å²) in [5.74, 6) is -0.163. The van der Waals surface area contributed by atoms with E-state index in [1.54, 1.807) is 10.6 Å². The van der Waals surface area contributed by atoms with Crippen molar-refractivity contribution in [2.45, 2.75) is 63.8 Å². The van der Waals surface area contributed by atoms with Crippen molar-refractivity contribution in [3.05, 3.63) is 47.6 Å². The summed E-state index contributed by atoms with van der Waals surface area (Å²) in [5.41, 5.74) is 2.42. The minimum Gasteiger partial charge on any atom is -0.349 e. The molecule has 1 saturated carbocycles. The van der Waals surface area contributed by atoms with E-state index >= 15 is 0 Å². The maximum Gasteiger partial charge on any atom is 0.287 e. The number of allylic oxidation sites excluding steroid dienone is 1. The highest BCUT2D eigenvalue weighted by Crippen LogP contribution is 2.21. The van der Waals surface area contributed by atoms with Crippen LogP contribution >= 0.6 is 0 Å². The van der Waals surface area contributed by atoms with Crippen LogP contribution in [0.2, 0.25) is 0 Å². The number of nitrogens with zero attached hydrogens (tertiary/aromatic N) is 2. The van der Waals surface area contributed by atoms with Crippen LogP contribution in [0.25, 0.3) is 5.52 Å². The molecule has 2 aliphatic carbocycles. The number of pyridine rings is 1. The molecular weight excluding hydrogens is 352 g/mol. The van der Waals surface area contributed by atoms with Crippen LogP contribution in [-0.2, 0) is 0 Å². The number of carbonyl (C=O) groups is 2. The molecule has 2 aromatic rings. The summed E-state index contributed by atoms with van der Waals surface area (Å²) in [6.45, 7) is 0.593. The summed E-state index contributed by atoms with van der Waals surface area (Å²) >= 11 is 0. The molecule has 0 atom stereocenters. The zero-order chi connectivity index (χ0) is 19.3. The van der Waals surface area contributed by atoms with E-state index in [1.165, 1.54) is 18.4 Å². The third kappa shape index (κ3) is 4.11. The lowest BCUT2D eigenvalue weighted by atomic mass is 9.97. The lowest BCUT2D eigenvalue weighted by Crippen LogP contribution is -2.33. The lowest BCUT2D eigenvalue weighted by Gasteiger charge is -2.12. The Kier molecular flexibility index (Phi) is 5.74. The van der Waals surface area contributed by atoms with Crippen molar-refractivity contribution in [1.82, 2.24) is 20.0 Å². The number of imidazole rings is 1. The number of aromatic nitrogens is 2. The van der Waals surface area contributed by atoms with E-state index in [0.29, 0.717) is 17.8 Å². The quantitative estimate of drug-likeness (QED) is 0.752. The molecule has 2 amide bonds. The average molecular weight is 380 g/mol. The molecule has 0 aliphatic heterocycles. The number of fused-ring (bicyclic) bond motifs is 1. The molecule has 6 nitrogen and oxygen atoms in total. The fraction of sp³-hybridized carbons (Fsp3) is 0.500. The van der Waals surface area contributed by atoms with Gasteiger partial charge in [0.05, 0.1) is 5.52 Å². The summed E-state index contributed by atoms with van der Waals surface area (Å²) in [7, 11) is 0. The van der Waals surface area contributed by atoms with Crippen LogP contribution < -0.4 is 10.6 Å². The minimum absolute atomic E-state index is 0.193. The van der Waals surface area contributed by atoms with Crippen LogP contribution in [0.4, 0.5) is 0 Å². The van der Waals surface area contributed by atoms with Gasteiger partial charge in [0.25, 0.3) is 11.8 Å². The van der Waals surface area contributed by atoms with E-state index in [0.717, 1.165) is 44.9 Å². The Morgan fingerprint density at radius 1 is 1.11 bits per heavy atom.